The zero-order valence-electron chi connectivity index (χ0n) is 11.0. The first-order valence-electron chi connectivity index (χ1n) is 6.87. The zero-order chi connectivity index (χ0) is 13.4. The normalized spacial score (nSPS) is 23.7. The van der Waals surface area contributed by atoms with Crippen molar-refractivity contribution in [2.24, 2.45) is 11.8 Å². The minimum absolute atomic E-state index is 0.121. The third-order valence-electron chi connectivity index (χ3n) is 4.13. The van der Waals surface area contributed by atoms with Crippen molar-refractivity contribution in [2.45, 2.75) is 32.6 Å². The topological polar surface area (TPSA) is 30.2 Å². The number of benzene rings is 1. The lowest BCUT2D eigenvalue weighted by molar-refractivity contribution is 0.0849. The van der Waals surface area contributed by atoms with Crippen molar-refractivity contribution in [3.63, 3.8) is 0 Å². The van der Waals surface area contributed by atoms with Crippen LogP contribution in [0.15, 0.2) is 28.7 Å². The second-order valence-electron chi connectivity index (χ2n) is 5.59. The minimum Gasteiger partial charge on any atom is -0.451 e. The summed E-state index contributed by atoms with van der Waals surface area (Å²) in [6.07, 6.45) is 4.23. The number of carbonyl (C=O) groups excluding carboxylic acids is 1. The smallest absolute Gasteiger partial charge is 0.201 e. The van der Waals surface area contributed by atoms with Crippen LogP contribution < -0.4 is 0 Å². The van der Waals surface area contributed by atoms with E-state index >= 15 is 0 Å². The number of Topliss-reactive ketones (excluding diaryl/α,β-unsaturated/α-hetero) is 1. The van der Waals surface area contributed by atoms with Crippen LogP contribution in [0, 0.1) is 11.8 Å². The van der Waals surface area contributed by atoms with Gasteiger partial charge in [0.25, 0.3) is 0 Å². The van der Waals surface area contributed by atoms with Crippen molar-refractivity contribution in [3.8, 4) is 0 Å². The van der Waals surface area contributed by atoms with Gasteiger partial charge in [-0.1, -0.05) is 43.5 Å². The largest absolute Gasteiger partial charge is 0.451 e. The molecular formula is C16H17ClO2. The summed E-state index contributed by atoms with van der Waals surface area (Å²) in [7, 11) is 0. The van der Waals surface area contributed by atoms with E-state index in [-0.39, 0.29) is 11.7 Å². The Morgan fingerprint density at radius 1 is 1.26 bits per heavy atom. The lowest BCUT2D eigenvalue weighted by Gasteiger charge is -2.24. The molecule has 0 saturated heterocycles. The van der Waals surface area contributed by atoms with Crippen LogP contribution in [-0.4, -0.2) is 5.78 Å². The average molecular weight is 277 g/mol. The SMILES string of the molecule is CC1CCC(C(=O)c2cc3cccc(Cl)c3o2)CC1. The van der Waals surface area contributed by atoms with Crippen LogP contribution in [0.5, 0.6) is 0 Å². The highest BCUT2D eigenvalue weighted by atomic mass is 35.5. The molecule has 2 aromatic rings. The number of rotatable bonds is 2. The second kappa shape index (κ2) is 5.01. The fourth-order valence-corrected chi connectivity index (χ4v) is 3.09. The number of halogens is 1. The Kier molecular flexibility index (Phi) is 3.36. The van der Waals surface area contributed by atoms with Gasteiger partial charge in [0.2, 0.25) is 5.78 Å². The van der Waals surface area contributed by atoms with Gasteiger partial charge in [-0.05, 0) is 30.9 Å². The van der Waals surface area contributed by atoms with E-state index in [4.69, 9.17) is 16.0 Å². The third kappa shape index (κ3) is 2.42. The first-order chi connectivity index (χ1) is 9.15. The van der Waals surface area contributed by atoms with Crippen molar-refractivity contribution in [3.05, 3.63) is 35.0 Å². The minimum atomic E-state index is 0.121. The van der Waals surface area contributed by atoms with Gasteiger partial charge in [0.05, 0.1) is 5.02 Å². The van der Waals surface area contributed by atoms with Gasteiger partial charge in [0.15, 0.2) is 11.3 Å². The molecule has 0 atom stereocenters. The summed E-state index contributed by atoms with van der Waals surface area (Å²) >= 11 is 6.07. The lowest BCUT2D eigenvalue weighted by Crippen LogP contribution is -2.20. The fraction of sp³-hybridized carbons (Fsp3) is 0.438. The van der Waals surface area contributed by atoms with Crippen LogP contribution in [0.4, 0.5) is 0 Å². The molecule has 0 amide bonds. The molecule has 1 fully saturated rings. The molecule has 1 aliphatic rings. The zero-order valence-corrected chi connectivity index (χ0v) is 11.7. The van der Waals surface area contributed by atoms with Crippen LogP contribution in [0.25, 0.3) is 11.0 Å². The Morgan fingerprint density at radius 2 is 2.00 bits per heavy atom. The van der Waals surface area contributed by atoms with E-state index in [0.717, 1.165) is 37.0 Å². The molecule has 0 spiro atoms. The van der Waals surface area contributed by atoms with E-state index in [1.807, 2.05) is 18.2 Å². The van der Waals surface area contributed by atoms with Gasteiger partial charge in [-0.2, -0.15) is 0 Å². The molecule has 0 bridgehead atoms. The van der Waals surface area contributed by atoms with Crippen LogP contribution in [-0.2, 0) is 0 Å². The predicted octanol–water partition coefficient (Wildman–Crippen LogP) is 5.10. The number of ketones is 1. The number of furan rings is 1. The summed E-state index contributed by atoms with van der Waals surface area (Å²) in [5, 5.41) is 1.47. The van der Waals surface area contributed by atoms with Gasteiger partial charge in [-0.25, -0.2) is 0 Å². The maximum atomic E-state index is 12.5. The molecule has 1 aromatic heterocycles. The number of hydrogen-bond donors (Lipinski definition) is 0. The quantitative estimate of drug-likeness (QED) is 0.715. The predicted molar refractivity (Wildman–Crippen MR) is 76.7 cm³/mol. The number of para-hydroxylation sites is 1. The lowest BCUT2D eigenvalue weighted by atomic mass is 9.80. The Bertz CT molecular complexity index is 606. The molecule has 0 unspecified atom stereocenters. The summed E-state index contributed by atoms with van der Waals surface area (Å²) in [5.74, 6) is 1.46. The molecule has 0 N–H and O–H groups in total. The molecule has 0 aliphatic heterocycles. The van der Waals surface area contributed by atoms with Gasteiger partial charge < -0.3 is 4.42 Å². The molecule has 1 saturated carbocycles. The first kappa shape index (κ1) is 12.7. The highest BCUT2D eigenvalue weighted by Gasteiger charge is 2.27. The van der Waals surface area contributed by atoms with Crippen molar-refractivity contribution in [2.75, 3.05) is 0 Å². The molecule has 3 rings (SSSR count). The number of fused-ring (bicyclic) bond motifs is 1. The first-order valence-corrected chi connectivity index (χ1v) is 7.25. The summed E-state index contributed by atoms with van der Waals surface area (Å²) in [5.41, 5.74) is 0.622. The maximum absolute atomic E-state index is 12.5. The molecule has 100 valence electrons. The Labute approximate surface area is 117 Å². The maximum Gasteiger partial charge on any atom is 0.201 e. The van der Waals surface area contributed by atoms with Crippen molar-refractivity contribution in [1.29, 1.82) is 0 Å². The van der Waals surface area contributed by atoms with E-state index < -0.39 is 0 Å². The van der Waals surface area contributed by atoms with E-state index in [9.17, 15) is 4.79 Å². The molecule has 1 heterocycles. The molecular weight excluding hydrogens is 260 g/mol. The average Bonchev–Trinajstić information content (AvgIpc) is 2.84. The van der Waals surface area contributed by atoms with E-state index in [2.05, 4.69) is 6.92 Å². The highest BCUT2D eigenvalue weighted by Crippen LogP contribution is 2.33. The molecule has 0 radical (unpaired) electrons. The summed E-state index contributed by atoms with van der Waals surface area (Å²) in [6, 6.07) is 7.40. The summed E-state index contributed by atoms with van der Waals surface area (Å²) in [4.78, 5) is 12.5. The van der Waals surface area contributed by atoms with E-state index in [1.165, 1.54) is 0 Å². The Balaban J connectivity index is 1.87. The van der Waals surface area contributed by atoms with Gasteiger partial charge >= 0.3 is 0 Å². The van der Waals surface area contributed by atoms with Gasteiger partial charge in [-0.3, -0.25) is 4.79 Å². The summed E-state index contributed by atoms with van der Waals surface area (Å²) < 4.78 is 5.66. The van der Waals surface area contributed by atoms with Crippen molar-refractivity contribution < 1.29 is 9.21 Å². The van der Waals surface area contributed by atoms with Crippen LogP contribution in [0.1, 0.15) is 43.2 Å². The highest BCUT2D eigenvalue weighted by molar-refractivity contribution is 6.34. The molecule has 2 nitrogen and oxygen atoms in total. The van der Waals surface area contributed by atoms with Crippen molar-refractivity contribution in [1.82, 2.24) is 0 Å². The molecule has 19 heavy (non-hydrogen) atoms. The van der Waals surface area contributed by atoms with E-state index in [0.29, 0.717) is 16.4 Å². The second-order valence-corrected chi connectivity index (χ2v) is 6.00. The molecule has 1 aromatic carbocycles. The molecule has 3 heteroatoms. The number of carbonyl (C=O) groups is 1. The third-order valence-corrected chi connectivity index (χ3v) is 4.42. The van der Waals surface area contributed by atoms with Gasteiger partial charge in [0, 0.05) is 11.3 Å². The monoisotopic (exact) mass is 276 g/mol. The van der Waals surface area contributed by atoms with E-state index in [1.54, 1.807) is 6.07 Å². The summed E-state index contributed by atoms with van der Waals surface area (Å²) in [6.45, 7) is 2.25. The van der Waals surface area contributed by atoms with Crippen LogP contribution >= 0.6 is 11.6 Å². The molecule has 1 aliphatic carbocycles. The fourth-order valence-electron chi connectivity index (χ4n) is 2.87. The number of hydrogen-bond acceptors (Lipinski definition) is 2. The van der Waals surface area contributed by atoms with Gasteiger partial charge in [-0.15, -0.1) is 0 Å². The van der Waals surface area contributed by atoms with Crippen LogP contribution in [0.3, 0.4) is 0 Å². The standard InChI is InChI=1S/C16H17ClO2/c1-10-5-7-11(8-6-10)15(18)14-9-12-3-2-4-13(17)16(12)19-14/h2-4,9-11H,5-8H2,1H3. The van der Waals surface area contributed by atoms with Gasteiger partial charge in [0.1, 0.15) is 0 Å². The van der Waals surface area contributed by atoms with Crippen molar-refractivity contribution >= 4 is 28.4 Å². The Morgan fingerprint density at radius 3 is 2.68 bits per heavy atom. The Hall–Kier alpha value is -1.28. The van der Waals surface area contributed by atoms with Crippen LogP contribution in [0.2, 0.25) is 5.02 Å².